The van der Waals surface area contributed by atoms with Gasteiger partial charge in [-0.3, -0.25) is 14.7 Å². The van der Waals surface area contributed by atoms with Gasteiger partial charge in [0.2, 0.25) is 0 Å². The standard InChI is InChI=1S/C27H25F3N6O3/c28-27(29,30)24-16-23(20-4-2-8-31-17-20)34-36(24)25-7-6-21(18-32-25)33-26(37)19-3-1-5-22(15-19)39-14-11-35-9-12-38-13-10-35/h1-8,15-18H,9-14H2,(H,33,37). The maximum atomic E-state index is 13.7. The van der Waals surface area contributed by atoms with E-state index in [1.165, 1.54) is 30.7 Å². The molecule has 202 valence electrons. The molecule has 1 aliphatic rings. The van der Waals surface area contributed by atoms with E-state index in [9.17, 15) is 18.0 Å². The van der Waals surface area contributed by atoms with Gasteiger partial charge >= 0.3 is 6.18 Å². The van der Waals surface area contributed by atoms with Crippen LogP contribution in [0, 0.1) is 0 Å². The normalized spacial score (nSPS) is 14.2. The molecule has 0 atom stereocenters. The highest BCUT2D eigenvalue weighted by atomic mass is 19.4. The summed E-state index contributed by atoms with van der Waals surface area (Å²) in [6, 6.07) is 13.8. The van der Waals surface area contributed by atoms with Crippen LogP contribution < -0.4 is 10.1 Å². The molecule has 0 spiro atoms. The second kappa shape index (κ2) is 11.6. The summed E-state index contributed by atoms with van der Waals surface area (Å²) in [4.78, 5) is 23.1. The van der Waals surface area contributed by atoms with Gasteiger partial charge in [-0.15, -0.1) is 0 Å². The fourth-order valence-electron chi connectivity index (χ4n) is 4.05. The highest BCUT2D eigenvalue weighted by Gasteiger charge is 2.36. The SMILES string of the molecule is O=C(Nc1ccc(-n2nc(-c3cccnc3)cc2C(F)(F)F)nc1)c1cccc(OCCN2CCOCC2)c1. The van der Waals surface area contributed by atoms with E-state index in [0.717, 1.165) is 30.4 Å². The molecule has 0 saturated carbocycles. The first kappa shape index (κ1) is 26.3. The van der Waals surface area contributed by atoms with Crippen molar-refractivity contribution in [2.45, 2.75) is 6.18 Å². The van der Waals surface area contributed by atoms with Crippen molar-refractivity contribution in [1.29, 1.82) is 0 Å². The first-order valence-corrected chi connectivity index (χ1v) is 12.3. The van der Waals surface area contributed by atoms with Crippen LogP contribution in [0.4, 0.5) is 18.9 Å². The van der Waals surface area contributed by atoms with Crippen LogP contribution in [0.15, 0.2) is 73.2 Å². The van der Waals surface area contributed by atoms with Gasteiger partial charge in [0.15, 0.2) is 11.5 Å². The third-order valence-corrected chi connectivity index (χ3v) is 6.06. The van der Waals surface area contributed by atoms with E-state index in [1.807, 2.05) is 0 Å². The highest BCUT2D eigenvalue weighted by Crippen LogP contribution is 2.33. The van der Waals surface area contributed by atoms with E-state index in [4.69, 9.17) is 9.47 Å². The number of morpholine rings is 1. The summed E-state index contributed by atoms with van der Waals surface area (Å²) in [5.74, 6) is 0.107. The summed E-state index contributed by atoms with van der Waals surface area (Å²) in [5.41, 5.74) is 0.266. The Morgan fingerprint density at radius 2 is 1.90 bits per heavy atom. The second-order valence-electron chi connectivity index (χ2n) is 8.76. The highest BCUT2D eigenvalue weighted by molar-refractivity contribution is 6.04. The average molecular weight is 539 g/mol. The minimum Gasteiger partial charge on any atom is -0.492 e. The topological polar surface area (TPSA) is 94.4 Å². The number of hydrogen-bond donors (Lipinski definition) is 1. The molecule has 0 aliphatic carbocycles. The Hall–Kier alpha value is -4.29. The molecule has 5 rings (SSSR count). The molecule has 1 saturated heterocycles. The molecule has 0 bridgehead atoms. The van der Waals surface area contributed by atoms with Crippen LogP contribution in [0.5, 0.6) is 5.75 Å². The van der Waals surface area contributed by atoms with Crippen LogP contribution in [0.2, 0.25) is 0 Å². The molecule has 1 N–H and O–H groups in total. The monoisotopic (exact) mass is 538 g/mol. The Balaban J connectivity index is 1.25. The number of carbonyl (C=O) groups is 1. The quantitative estimate of drug-likeness (QED) is 0.357. The average Bonchev–Trinajstić information content (AvgIpc) is 3.41. The largest absolute Gasteiger partial charge is 0.492 e. The lowest BCUT2D eigenvalue weighted by molar-refractivity contribution is -0.142. The van der Waals surface area contributed by atoms with E-state index in [2.05, 4.69) is 25.3 Å². The number of aromatic nitrogens is 4. The first-order chi connectivity index (χ1) is 18.9. The zero-order valence-corrected chi connectivity index (χ0v) is 20.8. The molecule has 1 aromatic carbocycles. The van der Waals surface area contributed by atoms with E-state index in [-0.39, 0.29) is 11.5 Å². The molecular weight excluding hydrogens is 513 g/mol. The van der Waals surface area contributed by atoms with Crippen LogP contribution in [0.3, 0.4) is 0 Å². The fraction of sp³-hybridized carbons (Fsp3) is 0.259. The number of rotatable bonds is 8. The Morgan fingerprint density at radius 3 is 2.62 bits per heavy atom. The molecule has 39 heavy (non-hydrogen) atoms. The maximum Gasteiger partial charge on any atom is 0.433 e. The number of benzene rings is 1. The summed E-state index contributed by atoms with van der Waals surface area (Å²) in [7, 11) is 0. The van der Waals surface area contributed by atoms with Gasteiger partial charge in [0.25, 0.3) is 5.91 Å². The van der Waals surface area contributed by atoms with E-state index in [1.54, 1.807) is 36.4 Å². The molecule has 0 unspecified atom stereocenters. The van der Waals surface area contributed by atoms with Crippen molar-refractivity contribution in [2.24, 2.45) is 0 Å². The van der Waals surface area contributed by atoms with Crippen LogP contribution in [0.1, 0.15) is 16.1 Å². The Bertz CT molecular complexity index is 1400. The molecule has 4 aromatic rings. The number of hydrogen-bond acceptors (Lipinski definition) is 7. The van der Waals surface area contributed by atoms with Gasteiger partial charge in [-0.25, -0.2) is 9.67 Å². The van der Waals surface area contributed by atoms with Crippen molar-refractivity contribution < 1.29 is 27.4 Å². The number of halogens is 3. The molecular formula is C27H25F3N6O3. The minimum absolute atomic E-state index is 0.0499. The summed E-state index contributed by atoms with van der Waals surface area (Å²) in [6.07, 6.45) is -0.419. The van der Waals surface area contributed by atoms with Crippen molar-refractivity contribution in [3.8, 4) is 22.8 Å². The van der Waals surface area contributed by atoms with Gasteiger partial charge in [-0.1, -0.05) is 6.07 Å². The van der Waals surface area contributed by atoms with Crippen molar-refractivity contribution in [3.63, 3.8) is 0 Å². The lowest BCUT2D eigenvalue weighted by atomic mass is 10.2. The molecule has 9 nitrogen and oxygen atoms in total. The number of nitrogens with one attached hydrogen (secondary N) is 1. The van der Waals surface area contributed by atoms with Gasteiger partial charge in [0.1, 0.15) is 12.4 Å². The minimum atomic E-state index is -4.66. The number of amides is 1. The zero-order valence-electron chi connectivity index (χ0n) is 20.8. The lowest BCUT2D eigenvalue weighted by Gasteiger charge is -2.26. The third-order valence-electron chi connectivity index (χ3n) is 6.06. The fourth-order valence-corrected chi connectivity index (χ4v) is 4.05. The molecule has 1 aliphatic heterocycles. The number of alkyl halides is 3. The summed E-state index contributed by atoms with van der Waals surface area (Å²) < 4.78 is 53.1. The number of pyridine rings is 2. The number of ether oxygens (including phenoxy) is 2. The summed E-state index contributed by atoms with van der Waals surface area (Å²) in [6.45, 7) is 4.39. The Kier molecular flexibility index (Phi) is 7.84. The van der Waals surface area contributed by atoms with Gasteiger partial charge in [0.05, 0.1) is 30.8 Å². The van der Waals surface area contributed by atoms with Crippen LogP contribution in [-0.4, -0.2) is 70.0 Å². The maximum absolute atomic E-state index is 13.7. The molecule has 3 aromatic heterocycles. The van der Waals surface area contributed by atoms with Gasteiger partial charge < -0.3 is 14.8 Å². The smallest absolute Gasteiger partial charge is 0.433 e. The van der Waals surface area contributed by atoms with Gasteiger partial charge in [-0.2, -0.15) is 18.3 Å². The summed E-state index contributed by atoms with van der Waals surface area (Å²) >= 11 is 0. The van der Waals surface area contributed by atoms with E-state index >= 15 is 0 Å². The Labute approximate surface area is 222 Å². The molecule has 1 fully saturated rings. The predicted octanol–water partition coefficient (Wildman–Crippen LogP) is 4.31. The molecule has 4 heterocycles. The van der Waals surface area contributed by atoms with E-state index in [0.29, 0.717) is 42.4 Å². The molecule has 1 amide bonds. The van der Waals surface area contributed by atoms with Crippen molar-refractivity contribution in [2.75, 3.05) is 44.8 Å². The third kappa shape index (κ3) is 6.59. The van der Waals surface area contributed by atoms with Crippen molar-refractivity contribution in [3.05, 3.63) is 84.4 Å². The second-order valence-corrected chi connectivity index (χ2v) is 8.76. The first-order valence-electron chi connectivity index (χ1n) is 12.3. The Morgan fingerprint density at radius 1 is 1.05 bits per heavy atom. The molecule has 0 radical (unpaired) electrons. The zero-order chi connectivity index (χ0) is 27.2. The van der Waals surface area contributed by atoms with E-state index < -0.39 is 17.8 Å². The van der Waals surface area contributed by atoms with Gasteiger partial charge in [-0.05, 0) is 48.5 Å². The number of anilines is 1. The number of carbonyl (C=O) groups excluding carboxylic acids is 1. The van der Waals surface area contributed by atoms with Crippen LogP contribution in [-0.2, 0) is 10.9 Å². The number of nitrogens with zero attached hydrogens (tertiary/aromatic N) is 5. The molecule has 12 heteroatoms. The predicted molar refractivity (Wildman–Crippen MR) is 137 cm³/mol. The lowest BCUT2D eigenvalue weighted by Crippen LogP contribution is -2.38. The summed E-state index contributed by atoms with van der Waals surface area (Å²) in [5, 5.41) is 6.81. The van der Waals surface area contributed by atoms with Crippen LogP contribution >= 0.6 is 0 Å². The van der Waals surface area contributed by atoms with Gasteiger partial charge in [0, 0.05) is 43.2 Å². The van der Waals surface area contributed by atoms with Crippen molar-refractivity contribution >= 4 is 11.6 Å². The van der Waals surface area contributed by atoms with Crippen molar-refractivity contribution in [1.82, 2.24) is 24.6 Å². The van der Waals surface area contributed by atoms with Crippen LogP contribution in [0.25, 0.3) is 17.1 Å².